The number of fused-ring (bicyclic) bond motifs is 1. The minimum atomic E-state index is -0.967. The molecule has 0 unspecified atom stereocenters. The van der Waals surface area contributed by atoms with Gasteiger partial charge in [-0.2, -0.15) is 10.2 Å². The third-order valence-electron chi connectivity index (χ3n) is 8.02. The van der Waals surface area contributed by atoms with Gasteiger partial charge in [-0.25, -0.2) is 18.4 Å². The quantitative estimate of drug-likeness (QED) is 0.231. The van der Waals surface area contributed by atoms with Gasteiger partial charge in [-0.3, -0.25) is 14.4 Å². The zero-order valence-corrected chi connectivity index (χ0v) is 24.8. The Kier molecular flexibility index (Phi) is 8.52. The molecule has 45 heavy (non-hydrogen) atoms. The summed E-state index contributed by atoms with van der Waals surface area (Å²) in [4.78, 5) is 35.8. The first-order valence-corrected chi connectivity index (χ1v) is 14.5. The molecule has 0 radical (unpaired) electrons. The van der Waals surface area contributed by atoms with Crippen LogP contribution in [0.2, 0.25) is 0 Å². The Morgan fingerprint density at radius 2 is 1.87 bits per heavy atom. The van der Waals surface area contributed by atoms with E-state index in [9.17, 15) is 18.4 Å². The third kappa shape index (κ3) is 6.25. The molecule has 232 valence electrons. The highest BCUT2D eigenvalue weighted by molar-refractivity contribution is 5.91. The van der Waals surface area contributed by atoms with Crippen molar-refractivity contribution >= 4 is 17.3 Å². The number of para-hydroxylation sites is 1. The number of benzene rings is 2. The predicted octanol–water partition coefficient (Wildman–Crippen LogP) is 4.63. The number of halogens is 2. The summed E-state index contributed by atoms with van der Waals surface area (Å²) in [5.74, 6) is -2.87. The van der Waals surface area contributed by atoms with Crippen molar-refractivity contribution in [2.24, 2.45) is 11.7 Å². The molecule has 0 aliphatic carbocycles. The molecule has 1 aliphatic heterocycles. The summed E-state index contributed by atoms with van der Waals surface area (Å²) in [6.45, 7) is 3.23. The van der Waals surface area contributed by atoms with Crippen LogP contribution in [-0.2, 0) is 20.8 Å². The van der Waals surface area contributed by atoms with Crippen molar-refractivity contribution in [1.29, 1.82) is 0 Å². The molecule has 1 aliphatic rings. The molecular formula is C33H32F2N6O4. The van der Waals surface area contributed by atoms with Crippen LogP contribution in [0.4, 0.5) is 8.78 Å². The molecule has 1 fully saturated rings. The second-order valence-corrected chi connectivity index (χ2v) is 11.1. The Hall–Kier alpha value is -4.78. The van der Waals surface area contributed by atoms with E-state index in [4.69, 9.17) is 20.4 Å². The molecule has 0 saturated carbocycles. The lowest BCUT2D eigenvalue weighted by Gasteiger charge is -2.18. The fraction of sp³-hybridized carbons (Fsp3) is 0.273. The van der Waals surface area contributed by atoms with E-state index in [-0.39, 0.29) is 30.2 Å². The average molecular weight is 615 g/mol. The highest BCUT2D eigenvalue weighted by atomic mass is 19.2. The van der Waals surface area contributed by atoms with Crippen molar-refractivity contribution in [3.63, 3.8) is 0 Å². The number of methoxy groups -OCH3 is 1. The number of aromatic nitrogens is 4. The summed E-state index contributed by atoms with van der Waals surface area (Å²) in [6, 6.07) is 16.9. The average Bonchev–Trinajstić information content (AvgIpc) is 3.73. The van der Waals surface area contributed by atoms with Gasteiger partial charge in [0.2, 0.25) is 0 Å². The first-order chi connectivity index (χ1) is 21.7. The molecule has 4 heterocycles. The van der Waals surface area contributed by atoms with Gasteiger partial charge < -0.3 is 14.9 Å². The molecule has 1 saturated heterocycles. The molecule has 12 heteroatoms. The monoisotopic (exact) mass is 614 g/mol. The highest BCUT2D eigenvalue weighted by Crippen LogP contribution is 2.37. The number of nitrogens with two attached hydrogens (primary N) is 1. The van der Waals surface area contributed by atoms with Crippen LogP contribution in [0.1, 0.15) is 39.8 Å². The smallest absolute Gasteiger partial charge is 0.268 e. The number of imidazole rings is 1. The van der Waals surface area contributed by atoms with Crippen LogP contribution >= 0.6 is 0 Å². The maximum Gasteiger partial charge on any atom is 0.268 e. The zero-order valence-electron chi connectivity index (χ0n) is 24.8. The molecule has 0 bridgehead atoms. The van der Waals surface area contributed by atoms with Gasteiger partial charge in [0.1, 0.15) is 23.2 Å². The van der Waals surface area contributed by atoms with Crippen LogP contribution in [-0.4, -0.2) is 62.7 Å². The van der Waals surface area contributed by atoms with Crippen LogP contribution in [0.15, 0.2) is 73.1 Å². The van der Waals surface area contributed by atoms with Gasteiger partial charge in [0.05, 0.1) is 23.7 Å². The largest absolute Gasteiger partial charge is 0.383 e. The summed E-state index contributed by atoms with van der Waals surface area (Å²) in [5, 5.41) is 6.63. The molecule has 5 aromatic rings. The van der Waals surface area contributed by atoms with Gasteiger partial charge in [-0.15, -0.1) is 0 Å². The number of ether oxygens (including phenoxy) is 1. The molecule has 10 nitrogen and oxygen atoms in total. The summed E-state index contributed by atoms with van der Waals surface area (Å²) < 4.78 is 36.5. The van der Waals surface area contributed by atoms with E-state index in [2.05, 4.69) is 4.98 Å². The van der Waals surface area contributed by atoms with Crippen molar-refractivity contribution in [3.8, 4) is 16.9 Å². The van der Waals surface area contributed by atoms with E-state index in [1.165, 1.54) is 6.07 Å². The van der Waals surface area contributed by atoms with E-state index in [0.717, 1.165) is 34.6 Å². The van der Waals surface area contributed by atoms with Crippen molar-refractivity contribution < 1.29 is 27.9 Å². The number of rotatable bonds is 11. The lowest BCUT2D eigenvalue weighted by molar-refractivity contribution is -0.155. The number of hydrogen-bond donors (Lipinski definition) is 1. The first-order valence-electron chi connectivity index (χ1n) is 14.5. The molecule has 2 atom stereocenters. The fourth-order valence-corrected chi connectivity index (χ4v) is 5.78. The summed E-state index contributed by atoms with van der Waals surface area (Å²) in [6.07, 6.45) is 3.01. The maximum absolute atomic E-state index is 14.2. The number of carbonyl (C=O) groups excluding carboxylic acids is 2. The molecule has 2 aromatic carbocycles. The summed E-state index contributed by atoms with van der Waals surface area (Å²) in [7, 11) is 1.59. The second-order valence-electron chi connectivity index (χ2n) is 11.1. The number of primary amides is 1. The van der Waals surface area contributed by atoms with Crippen molar-refractivity contribution in [2.75, 3.05) is 26.8 Å². The maximum atomic E-state index is 14.2. The molecule has 2 N–H and O–H groups in total. The molecule has 3 aromatic heterocycles. The first kappa shape index (κ1) is 30.3. The summed E-state index contributed by atoms with van der Waals surface area (Å²) in [5.41, 5.74) is 10.4. The van der Waals surface area contributed by atoms with Gasteiger partial charge in [-0.1, -0.05) is 24.3 Å². The number of Topliss-reactive ketones (excluding diaryl/α,β-unsaturated/α-hetero) is 1. The lowest BCUT2D eigenvalue weighted by atomic mass is 9.90. The van der Waals surface area contributed by atoms with Gasteiger partial charge in [-0.05, 0) is 54.4 Å². The molecular weight excluding hydrogens is 582 g/mol. The number of carbonyl (C=O) groups is 2. The predicted molar refractivity (Wildman–Crippen MR) is 161 cm³/mol. The Balaban J connectivity index is 1.31. The van der Waals surface area contributed by atoms with E-state index >= 15 is 0 Å². The van der Waals surface area contributed by atoms with Crippen LogP contribution in [0.5, 0.6) is 0 Å². The third-order valence-corrected chi connectivity index (χ3v) is 8.02. The lowest BCUT2D eigenvalue weighted by Crippen LogP contribution is -2.24. The van der Waals surface area contributed by atoms with E-state index in [1.807, 2.05) is 49.5 Å². The minimum absolute atomic E-state index is 0.0485. The Bertz CT molecular complexity index is 1870. The molecule has 1 amide bonds. The second kappa shape index (κ2) is 12.7. The Morgan fingerprint density at radius 3 is 2.60 bits per heavy atom. The number of hydroxylamine groups is 2. The normalized spacial score (nSPS) is 16.9. The minimum Gasteiger partial charge on any atom is -0.383 e. The fourth-order valence-electron chi connectivity index (χ4n) is 5.78. The highest BCUT2D eigenvalue weighted by Gasteiger charge is 2.37. The number of ketones is 1. The van der Waals surface area contributed by atoms with E-state index < -0.39 is 23.6 Å². The van der Waals surface area contributed by atoms with Crippen LogP contribution in [0.25, 0.3) is 22.6 Å². The van der Waals surface area contributed by atoms with Gasteiger partial charge >= 0.3 is 0 Å². The zero-order chi connectivity index (χ0) is 31.7. The van der Waals surface area contributed by atoms with Crippen molar-refractivity contribution in [1.82, 2.24) is 24.2 Å². The Morgan fingerprint density at radius 1 is 1.07 bits per heavy atom. The standard InChI is InChI=1S/C33H32F2N6O4/c1-20-29(16-25(42)14-23-18-40(12-13-44-2)45-32(23)21-8-10-26(34)27(35)15-21)41(24-6-4-3-5-7-24)38-31(20)22-9-11-30-37-28(33(36)43)19-39(30)17-22/h3-11,15,17,19,23,32H,12-14,16,18H2,1-2H3,(H2,36,43)/t23-,32+/m1/s1. The summed E-state index contributed by atoms with van der Waals surface area (Å²) >= 11 is 0. The van der Waals surface area contributed by atoms with Crippen molar-refractivity contribution in [2.45, 2.75) is 25.9 Å². The number of hydrogen-bond acceptors (Lipinski definition) is 7. The SMILES string of the molecule is COCCN1C[C@@H](CC(=O)Cc2c(C)c(-c3ccc4nc(C(N)=O)cn4c3)nn2-c2ccccc2)[C@H](c2ccc(F)c(F)c2)O1. The van der Waals surface area contributed by atoms with E-state index in [1.54, 1.807) is 33.5 Å². The van der Waals surface area contributed by atoms with Gasteiger partial charge in [0.25, 0.3) is 5.91 Å². The Labute approximate surface area is 257 Å². The number of nitrogens with zero attached hydrogens (tertiary/aromatic N) is 5. The van der Waals surface area contributed by atoms with Crippen molar-refractivity contribution in [3.05, 3.63) is 107 Å². The van der Waals surface area contributed by atoms with Gasteiger partial charge in [0.15, 0.2) is 11.6 Å². The molecule has 6 rings (SSSR count). The number of pyridine rings is 1. The van der Waals surface area contributed by atoms with Crippen LogP contribution in [0, 0.1) is 24.5 Å². The van der Waals surface area contributed by atoms with E-state index in [0.29, 0.717) is 36.6 Å². The topological polar surface area (TPSA) is 117 Å². The van der Waals surface area contributed by atoms with Crippen LogP contribution in [0.3, 0.4) is 0 Å². The van der Waals surface area contributed by atoms with Gasteiger partial charge in [0, 0.05) is 56.9 Å². The number of amides is 1. The van der Waals surface area contributed by atoms with Crippen LogP contribution < -0.4 is 5.73 Å². The molecule has 0 spiro atoms.